The largest absolute Gasteiger partial charge is 0.399 e. The van der Waals surface area contributed by atoms with Gasteiger partial charge in [-0.05, 0) is 56.6 Å². The van der Waals surface area contributed by atoms with Gasteiger partial charge in [0, 0.05) is 35.9 Å². The lowest BCUT2D eigenvalue weighted by Gasteiger charge is -2.18. The summed E-state index contributed by atoms with van der Waals surface area (Å²) in [5.74, 6) is 0. The third-order valence-electron chi connectivity index (χ3n) is 4.11. The zero-order chi connectivity index (χ0) is 23.9. The van der Waals surface area contributed by atoms with E-state index in [9.17, 15) is 0 Å². The smallest absolute Gasteiger partial charge is 0.204 e. The van der Waals surface area contributed by atoms with Gasteiger partial charge in [0.1, 0.15) is 0 Å². The van der Waals surface area contributed by atoms with Crippen LogP contribution in [0.15, 0.2) is 70.4 Å². The number of aliphatic imine (C=N–C) groups is 2. The van der Waals surface area contributed by atoms with Crippen LogP contribution >= 0.6 is 0 Å². The van der Waals surface area contributed by atoms with Crippen LogP contribution in [0, 0.1) is 5.41 Å². The molecule has 0 aromatic heterocycles. The SMILES string of the molecule is C=C(N)c1ccccc1.CC(C)=N/C=C(\C)CCC1=NC=C(CC(C)(C)C)C1.NC=O. The number of nitrogens with zero attached hydrogens (tertiary/aromatic N) is 2. The van der Waals surface area contributed by atoms with Crippen LogP contribution < -0.4 is 11.5 Å². The summed E-state index contributed by atoms with van der Waals surface area (Å²) in [5.41, 5.74) is 16.8. The Balaban J connectivity index is 0.000000619. The molecule has 1 heterocycles. The number of amides is 1. The van der Waals surface area contributed by atoms with E-state index in [-0.39, 0.29) is 6.41 Å². The maximum atomic E-state index is 8.58. The van der Waals surface area contributed by atoms with Crippen molar-refractivity contribution in [2.75, 3.05) is 0 Å². The van der Waals surface area contributed by atoms with Crippen molar-refractivity contribution in [3.63, 3.8) is 0 Å². The minimum absolute atomic E-state index is 0.250. The van der Waals surface area contributed by atoms with Crippen LogP contribution in [0.25, 0.3) is 5.70 Å². The number of hydrogen-bond acceptors (Lipinski definition) is 4. The number of rotatable bonds is 6. The number of carbonyl (C=O) groups is 1. The quantitative estimate of drug-likeness (QED) is 0.430. The molecule has 4 N–H and O–H groups in total. The first-order valence-electron chi connectivity index (χ1n) is 10.5. The number of allylic oxidation sites excluding steroid dienone is 2. The Kier molecular flexibility index (Phi) is 13.5. The van der Waals surface area contributed by atoms with E-state index in [4.69, 9.17) is 10.5 Å². The van der Waals surface area contributed by atoms with Crippen LogP contribution in [0.5, 0.6) is 0 Å². The average Bonchev–Trinajstić information content (AvgIpc) is 3.12. The molecule has 0 bridgehead atoms. The van der Waals surface area contributed by atoms with Gasteiger partial charge in [-0.25, -0.2) is 0 Å². The third kappa shape index (κ3) is 15.5. The molecule has 0 saturated carbocycles. The molecular weight excluding hydrogens is 384 g/mol. The van der Waals surface area contributed by atoms with Crippen LogP contribution in [-0.4, -0.2) is 17.8 Å². The normalized spacial score (nSPS) is 12.9. The summed E-state index contributed by atoms with van der Waals surface area (Å²) in [4.78, 5) is 17.5. The van der Waals surface area contributed by atoms with Crippen molar-refractivity contribution in [2.45, 2.75) is 67.2 Å². The Bertz CT molecular complexity index is 806. The van der Waals surface area contributed by atoms with Gasteiger partial charge in [-0.15, -0.1) is 0 Å². The van der Waals surface area contributed by atoms with Crippen LogP contribution in [0.1, 0.15) is 72.8 Å². The van der Waals surface area contributed by atoms with Crippen LogP contribution in [0.4, 0.5) is 0 Å². The molecular formula is C26H40N4O. The van der Waals surface area contributed by atoms with E-state index >= 15 is 0 Å². The van der Waals surface area contributed by atoms with E-state index in [0.717, 1.165) is 37.0 Å². The van der Waals surface area contributed by atoms with E-state index in [1.54, 1.807) is 0 Å². The lowest BCUT2D eigenvalue weighted by Crippen LogP contribution is -2.07. The highest BCUT2D eigenvalue weighted by molar-refractivity contribution is 5.89. The summed E-state index contributed by atoms with van der Waals surface area (Å²) in [6.45, 7) is 16.6. The number of nitrogens with two attached hydrogens (primary N) is 2. The molecule has 31 heavy (non-hydrogen) atoms. The molecule has 1 aromatic rings. The Morgan fingerprint density at radius 2 is 1.77 bits per heavy atom. The zero-order valence-electron chi connectivity index (χ0n) is 20.1. The first-order valence-corrected chi connectivity index (χ1v) is 10.5. The maximum absolute atomic E-state index is 8.58. The van der Waals surface area contributed by atoms with Crippen molar-refractivity contribution in [3.8, 4) is 0 Å². The van der Waals surface area contributed by atoms with Crippen molar-refractivity contribution in [1.29, 1.82) is 0 Å². The topological polar surface area (TPSA) is 93.8 Å². The Labute approximate surface area is 188 Å². The van der Waals surface area contributed by atoms with Crippen LogP contribution in [0.2, 0.25) is 0 Å². The van der Waals surface area contributed by atoms with Gasteiger partial charge < -0.3 is 11.5 Å². The molecule has 1 aromatic carbocycles. The van der Waals surface area contributed by atoms with E-state index in [0.29, 0.717) is 11.1 Å². The molecule has 1 aliphatic heterocycles. The lowest BCUT2D eigenvalue weighted by molar-refractivity contribution is -0.106. The average molecular weight is 425 g/mol. The Morgan fingerprint density at radius 1 is 1.19 bits per heavy atom. The van der Waals surface area contributed by atoms with Crippen molar-refractivity contribution >= 4 is 23.5 Å². The summed E-state index contributed by atoms with van der Waals surface area (Å²) in [7, 11) is 0. The molecule has 5 heteroatoms. The molecule has 0 unspecified atom stereocenters. The monoisotopic (exact) mass is 424 g/mol. The van der Waals surface area contributed by atoms with Gasteiger partial charge in [0.2, 0.25) is 6.41 Å². The fourth-order valence-corrected chi connectivity index (χ4v) is 2.78. The van der Waals surface area contributed by atoms with E-state index in [1.165, 1.54) is 16.9 Å². The molecule has 1 aliphatic rings. The zero-order valence-corrected chi connectivity index (χ0v) is 20.1. The van der Waals surface area contributed by atoms with Gasteiger partial charge in [0.15, 0.2) is 0 Å². The Morgan fingerprint density at radius 3 is 2.23 bits per heavy atom. The molecule has 0 radical (unpaired) electrons. The minimum atomic E-state index is 0.250. The Hall–Kier alpha value is -2.95. The molecule has 2 rings (SSSR count). The van der Waals surface area contributed by atoms with Crippen molar-refractivity contribution in [2.24, 2.45) is 26.9 Å². The van der Waals surface area contributed by atoms with Crippen molar-refractivity contribution in [3.05, 3.63) is 66.0 Å². The number of benzene rings is 1. The van der Waals surface area contributed by atoms with Crippen LogP contribution in [0.3, 0.4) is 0 Å². The summed E-state index contributed by atoms with van der Waals surface area (Å²) in [5, 5.41) is 0. The third-order valence-corrected chi connectivity index (χ3v) is 4.11. The molecule has 0 aliphatic carbocycles. The van der Waals surface area contributed by atoms with Gasteiger partial charge in [-0.1, -0.05) is 63.3 Å². The molecule has 0 fully saturated rings. The van der Waals surface area contributed by atoms with E-state index in [1.807, 2.05) is 50.4 Å². The second-order valence-corrected chi connectivity index (χ2v) is 8.98. The predicted octanol–water partition coefficient (Wildman–Crippen LogP) is 6.03. The highest BCUT2D eigenvalue weighted by atomic mass is 16.1. The van der Waals surface area contributed by atoms with Gasteiger partial charge in [-0.2, -0.15) is 0 Å². The van der Waals surface area contributed by atoms with Gasteiger partial charge in [0.05, 0.1) is 0 Å². The number of carbonyl (C=O) groups excluding carboxylic acids is 1. The second-order valence-electron chi connectivity index (χ2n) is 8.98. The molecule has 5 nitrogen and oxygen atoms in total. The summed E-state index contributed by atoms with van der Waals surface area (Å²) in [6.07, 6.45) is 8.65. The molecule has 0 saturated heterocycles. The summed E-state index contributed by atoms with van der Waals surface area (Å²) in [6, 6.07) is 9.69. The number of primary amides is 1. The lowest BCUT2D eigenvalue weighted by atomic mass is 9.87. The molecule has 170 valence electrons. The highest BCUT2D eigenvalue weighted by Gasteiger charge is 2.17. The second kappa shape index (κ2) is 14.9. The minimum Gasteiger partial charge on any atom is -0.399 e. The summed E-state index contributed by atoms with van der Waals surface area (Å²) < 4.78 is 0. The first kappa shape index (κ1) is 28.1. The first-order chi connectivity index (χ1) is 14.5. The van der Waals surface area contributed by atoms with Crippen molar-refractivity contribution < 1.29 is 4.79 Å². The maximum Gasteiger partial charge on any atom is 0.204 e. The van der Waals surface area contributed by atoms with Crippen molar-refractivity contribution in [1.82, 2.24) is 0 Å². The molecule has 0 spiro atoms. The van der Waals surface area contributed by atoms with Gasteiger partial charge >= 0.3 is 0 Å². The predicted molar refractivity (Wildman–Crippen MR) is 136 cm³/mol. The standard InChI is InChI=1S/C17H28N2.C8H9N.CH3NO/c1-13(2)18-11-14(3)7-8-16-9-15(12-19-16)10-17(4,5)6;1-7(9)8-5-3-2-4-6-8;2-1-3/h11-12H,7-10H2,1-6H3;2-6H,1,9H2;1H,(H2,2,3)/b14-11+;;. The fraction of sp³-hybridized carbons (Fsp3) is 0.423. The highest BCUT2D eigenvalue weighted by Crippen LogP contribution is 2.29. The number of hydrogen-bond donors (Lipinski definition) is 2. The van der Waals surface area contributed by atoms with Gasteiger partial charge in [-0.3, -0.25) is 14.8 Å². The fourth-order valence-electron chi connectivity index (χ4n) is 2.78. The molecule has 1 amide bonds. The molecule has 0 atom stereocenters. The van der Waals surface area contributed by atoms with E-state index in [2.05, 4.69) is 56.2 Å². The van der Waals surface area contributed by atoms with Crippen LogP contribution in [-0.2, 0) is 4.79 Å². The summed E-state index contributed by atoms with van der Waals surface area (Å²) >= 11 is 0. The van der Waals surface area contributed by atoms with E-state index < -0.39 is 0 Å². The van der Waals surface area contributed by atoms with Gasteiger partial charge in [0.25, 0.3) is 0 Å².